The summed E-state index contributed by atoms with van der Waals surface area (Å²) >= 11 is 3.78. The van der Waals surface area contributed by atoms with Gasteiger partial charge in [-0.3, -0.25) is 0 Å². The highest BCUT2D eigenvalue weighted by Gasteiger charge is 2.45. The Morgan fingerprint density at radius 1 is 0.293 bits per heavy atom. The van der Waals surface area contributed by atoms with Crippen LogP contribution >= 0.6 is 15.9 Å². The Morgan fingerprint density at radius 2 is 0.620 bits per heavy atom. The van der Waals surface area contributed by atoms with Crippen molar-refractivity contribution in [3.63, 3.8) is 0 Å². The van der Waals surface area contributed by atoms with E-state index in [-0.39, 0.29) is 13.4 Å². The summed E-state index contributed by atoms with van der Waals surface area (Å²) in [5.74, 6) is 2.61. The Balaban J connectivity index is 0.000000185. The van der Waals surface area contributed by atoms with E-state index in [2.05, 4.69) is 369 Å². The SMILES string of the molecule is CC(C)c1cc(C(C)C)c(B2c3ccccc3N(c3ccccc3)c3cc(Br)ccc32)c(C(C)C)c1.CC(C)c1cc(C(C)C)c(B2c3ccccc3N(c3ccccc3)c3cc(N4c5ccccc5[Si](C)(c5ccccc5)c5ccccc54)ccc32)c(C(C)C)c1. The zero-order valence-electron chi connectivity index (χ0n) is 56.0. The van der Waals surface area contributed by atoms with Gasteiger partial charge in [0.05, 0.1) is 0 Å². The number of anilines is 9. The van der Waals surface area contributed by atoms with Gasteiger partial charge < -0.3 is 14.7 Å². The van der Waals surface area contributed by atoms with Gasteiger partial charge in [0, 0.05) is 55.7 Å². The molecule has 0 saturated heterocycles. The van der Waals surface area contributed by atoms with Gasteiger partial charge in [0.25, 0.3) is 0 Å². The lowest BCUT2D eigenvalue weighted by Gasteiger charge is -2.44. The summed E-state index contributed by atoms with van der Waals surface area (Å²) in [7, 11) is -2.33. The highest BCUT2D eigenvalue weighted by atomic mass is 79.9. The number of benzene rings is 11. The number of hydrogen-bond donors (Lipinski definition) is 0. The highest BCUT2D eigenvalue weighted by Crippen LogP contribution is 2.44. The molecule has 3 heterocycles. The van der Waals surface area contributed by atoms with E-state index < -0.39 is 8.07 Å². The predicted molar refractivity (Wildman–Crippen MR) is 408 cm³/mol. The zero-order chi connectivity index (χ0) is 64.3. The van der Waals surface area contributed by atoms with Gasteiger partial charge in [0.15, 0.2) is 8.07 Å². The van der Waals surface area contributed by atoms with Crippen LogP contribution in [-0.2, 0) is 0 Å². The minimum atomic E-state index is -2.33. The lowest BCUT2D eigenvalue weighted by molar-refractivity contribution is 0.812. The first-order valence-electron chi connectivity index (χ1n) is 33.7. The lowest BCUT2D eigenvalue weighted by Crippen LogP contribution is -2.68. The van der Waals surface area contributed by atoms with Crippen molar-refractivity contribution in [3.8, 4) is 0 Å². The summed E-state index contributed by atoms with van der Waals surface area (Å²) in [6.07, 6.45) is 0. The number of halogens is 1. The van der Waals surface area contributed by atoms with Crippen molar-refractivity contribution in [3.05, 3.63) is 287 Å². The molecule has 0 spiro atoms. The van der Waals surface area contributed by atoms with Crippen LogP contribution in [0.25, 0.3) is 0 Å². The summed E-state index contributed by atoms with van der Waals surface area (Å²) < 4.78 is 1.10. The van der Waals surface area contributed by atoms with Crippen LogP contribution in [0, 0.1) is 0 Å². The molecule has 0 aliphatic carbocycles. The van der Waals surface area contributed by atoms with Crippen LogP contribution in [0.5, 0.6) is 0 Å². The molecule has 0 saturated carbocycles. The molecule has 11 aromatic rings. The Morgan fingerprint density at radius 3 is 1.02 bits per heavy atom. The van der Waals surface area contributed by atoms with Gasteiger partial charge in [0.2, 0.25) is 13.4 Å². The van der Waals surface area contributed by atoms with Gasteiger partial charge in [-0.25, -0.2) is 0 Å². The molecular formula is C85H86B2BrN3Si. The van der Waals surface area contributed by atoms with Gasteiger partial charge >= 0.3 is 0 Å². The van der Waals surface area contributed by atoms with E-state index in [4.69, 9.17) is 0 Å². The van der Waals surface area contributed by atoms with Crippen LogP contribution in [0.15, 0.2) is 253 Å². The number of para-hydroxylation sites is 6. The minimum absolute atomic E-state index is 0.0842. The second-order valence-corrected chi connectivity index (χ2v) is 32.6. The van der Waals surface area contributed by atoms with Crippen LogP contribution in [-0.4, -0.2) is 21.5 Å². The molecule has 0 atom stereocenters. The Hall–Kier alpha value is -8.35. The minimum Gasteiger partial charge on any atom is -0.311 e. The lowest BCUT2D eigenvalue weighted by atomic mass is 9.33. The van der Waals surface area contributed by atoms with Crippen LogP contribution in [0.1, 0.15) is 152 Å². The molecule has 0 amide bonds. The molecule has 3 aliphatic rings. The molecule has 14 rings (SSSR count). The van der Waals surface area contributed by atoms with E-state index in [1.165, 1.54) is 133 Å². The fourth-order valence-corrected chi connectivity index (χ4v) is 19.8. The Bertz CT molecular complexity index is 4390. The predicted octanol–water partition coefficient (Wildman–Crippen LogP) is 18.4. The smallest absolute Gasteiger partial charge is 0.247 e. The average molecular weight is 1280 g/mol. The van der Waals surface area contributed by atoms with Gasteiger partial charge in [-0.05, 0) is 179 Å². The van der Waals surface area contributed by atoms with Gasteiger partial charge in [-0.1, -0.05) is 292 Å². The molecule has 92 heavy (non-hydrogen) atoms. The molecule has 0 radical (unpaired) electrons. The van der Waals surface area contributed by atoms with Crippen molar-refractivity contribution in [2.75, 3.05) is 14.7 Å². The monoisotopic (exact) mass is 1280 g/mol. The third kappa shape index (κ3) is 11.0. The quantitative estimate of drug-likeness (QED) is 0.113. The molecule has 0 aromatic heterocycles. The molecule has 11 aromatic carbocycles. The third-order valence-corrected chi connectivity index (χ3v) is 25.0. The van der Waals surface area contributed by atoms with Gasteiger partial charge in [-0.2, -0.15) is 0 Å². The second kappa shape index (κ2) is 25.6. The first-order valence-corrected chi connectivity index (χ1v) is 37.0. The summed E-state index contributed by atoms with van der Waals surface area (Å²) in [6, 6.07) is 93.6. The normalized spacial score (nSPS) is 13.7. The van der Waals surface area contributed by atoms with Gasteiger partial charge in [-0.15, -0.1) is 0 Å². The van der Waals surface area contributed by atoms with Gasteiger partial charge in [0.1, 0.15) is 0 Å². The topological polar surface area (TPSA) is 9.72 Å². The molecule has 3 aliphatic heterocycles. The molecule has 0 bridgehead atoms. The van der Waals surface area contributed by atoms with E-state index in [1.54, 1.807) is 0 Å². The van der Waals surface area contributed by atoms with E-state index in [9.17, 15) is 0 Å². The molecule has 7 heteroatoms. The standard InChI is InChI=1S/C52H51BN2Si.C33H35BBrN/c1-35(2)38-32-42(36(3)4)52(43(33-38)37(5)6)53-44-24-14-15-25-46(44)54(39-20-10-8-11-21-39)49-34-40(30-31-45(49)53)55-47-26-16-18-28-50(47)56(7,41-22-12-9-13-23-41)51-29-19-17-27-48(51)55;1-21(2)24-18-27(22(3)4)33(28(19-24)23(5)6)34-29-14-10-11-15-31(29)36(26-12-8-7-9-13-26)32-20-25(35)16-17-30(32)34/h8-37H,1-7H3;7-23H,1-6H3. The molecule has 0 fully saturated rings. The average Bonchev–Trinajstić information content (AvgIpc) is 0.725. The first kappa shape index (κ1) is 62.5. The number of hydrogen-bond acceptors (Lipinski definition) is 3. The summed E-state index contributed by atoms with van der Waals surface area (Å²) in [5, 5.41) is 4.32. The molecular weight excluding hydrogens is 1190 g/mol. The van der Waals surface area contributed by atoms with Crippen molar-refractivity contribution in [2.24, 2.45) is 0 Å². The van der Waals surface area contributed by atoms with Crippen molar-refractivity contribution >= 4 is 137 Å². The van der Waals surface area contributed by atoms with E-state index in [0.717, 1.165) is 4.47 Å². The number of rotatable bonds is 12. The second-order valence-electron chi connectivity index (χ2n) is 27.8. The van der Waals surface area contributed by atoms with Crippen molar-refractivity contribution in [2.45, 2.75) is 125 Å². The Labute approximate surface area is 559 Å². The first-order chi connectivity index (χ1) is 44.5. The van der Waals surface area contributed by atoms with Crippen molar-refractivity contribution in [1.29, 1.82) is 0 Å². The summed E-state index contributed by atoms with van der Waals surface area (Å²) in [4.78, 5) is 7.48. The number of fused-ring (bicyclic) bond motifs is 6. The maximum Gasteiger partial charge on any atom is 0.247 e. The highest BCUT2D eigenvalue weighted by molar-refractivity contribution is 9.10. The molecule has 458 valence electrons. The maximum absolute atomic E-state index is 3.78. The van der Waals surface area contributed by atoms with E-state index >= 15 is 0 Å². The molecule has 0 unspecified atom stereocenters. The van der Waals surface area contributed by atoms with E-state index in [1.807, 2.05) is 0 Å². The van der Waals surface area contributed by atoms with Crippen LogP contribution in [0.4, 0.5) is 51.2 Å². The number of nitrogens with zero attached hydrogens (tertiary/aromatic N) is 3. The largest absolute Gasteiger partial charge is 0.311 e. The summed E-state index contributed by atoms with van der Waals surface area (Å²) in [6.45, 7) is 31.0. The molecule has 0 N–H and O–H groups in total. The van der Waals surface area contributed by atoms with E-state index in [0.29, 0.717) is 35.5 Å². The third-order valence-electron chi connectivity index (χ3n) is 20.0. The zero-order valence-corrected chi connectivity index (χ0v) is 58.6. The van der Waals surface area contributed by atoms with Crippen molar-refractivity contribution in [1.82, 2.24) is 0 Å². The fraction of sp³-hybridized carbons (Fsp3) is 0.224. The maximum atomic E-state index is 3.78. The van der Waals surface area contributed by atoms with Crippen molar-refractivity contribution < 1.29 is 0 Å². The van der Waals surface area contributed by atoms with Crippen LogP contribution in [0.2, 0.25) is 6.55 Å². The van der Waals surface area contributed by atoms with Crippen LogP contribution in [0.3, 0.4) is 0 Å². The van der Waals surface area contributed by atoms with Crippen LogP contribution < -0.4 is 63.0 Å². The molecule has 3 nitrogen and oxygen atoms in total. The Kier molecular flexibility index (Phi) is 17.4. The summed E-state index contributed by atoms with van der Waals surface area (Å²) in [5.41, 5.74) is 28.2. The fourth-order valence-electron chi connectivity index (χ4n) is 15.4.